The van der Waals surface area contributed by atoms with Gasteiger partial charge in [-0.2, -0.15) is 0 Å². The molecule has 1 aromatic heterocycles. The third-order valence-corrected chi connectivity index (χ3v) is 3.22. The highest BCUT2D eigenvalue weighted by atomic mass is 35.5. The Bertz CT molecular complexity index is 596. The van der Waals surface area contributed by atoms with Gasteiger partial charge < -0.3 is 9.73 Å². The van der Waals surface area contributed by atoms with Gasteiger partial charge in [0.25, 0.3) is 0 Å². The van der Waals surface area contributed by atoms with E-state index in [9.17, 15) is 4.79 Å². The number of nitrogens with zero attached hydrogens (tertiary/aromatic N) is 1. The van der Waals surface area contributed by atoms with Gasteiger partial charge in [-0.3, -0.25) is 4.79 Å². The quantitative estimate of drug-likeness (QED) is 0.932. The van der Waals surface area contributed by atoms with Crippen LogP contribution in [-0.2, 0) is 11.2 Å². The molecule has 0 spiro atoms. The summed E-state index contributed by atoms with van der Waals surface area (Å²) in [6, 6.07) is 4.95. The lowest BCUT2D eigenvalue weighted by Gasteiger charge is -2.05. The van der Waals surface area contributed by atoms with Gasteiger partial charge in [0.15, 0.2) is 5.89 Å². The average molecular weight is 299 g/mol. The molecule has 1 heterocycles. The van der Waals surface area contributed by atoms with Crippen LogP contribution in [0.4, 0.5) is 5.69 Å². The van der Waals surface area contributed by atoms with Crippen molar-refractivity contribution in [3.8, 4) is 0 Å². The second-order valence-electron chi connectivity index (χ2n) is 4.03. The van der Waals surface area contributed by atoms with Crippen LogP contribution in [0.1, 0.15) is 18.0 Å². The highest BCUT2D eigenvalue weighted by Crippen LogP contribution is 2.25. The maximum Gasteiger partial charge on any atom is 0.224 e. The Kier molecular flexibility index (Phi) is 4.45. The maximum atomic E-state index is 11.7. The monoisotopic (exact) mass is 298 g/mol. The first-order valence-corrected chi connectivity index (χ1v) is 6.46. The predicted octanol–water partition coefficient (Wildman–Crippen LogP) is 3.86. The lowest BCUT2D eigenvalue weighted by Crippen LogP contribution is -2.12. The van der Waals surface area contributed by atoms with Crippen LogP contribution in [0.15, 0.2) is 28.9 Å². The van der Waals surface area contributed by atoms with Crippen LogP contribution in [0.3, 0.4) is 0 Å². The largest absolute Gasteiger partial charge is 0.449 e. The molecule has 0 aliphatic carbocycles. The summed E-state index contributed by atoms with van der Waals surface area (Å²) >= 11 is 11.7. The number of rotatable bonds is 4. The Labute approximate surface area is 120 Å². The van der Waals surface area contributed by atoms with Crippen molar-refractivity contribution in [2.45, 2.75) is 19.8 Å². The van der Waals surface area contributed by atoms with E-state index in [0.29, 0.717) is 34.5 Å². The summed E-state index contributed by atoms with van der Waals surface area (Å²) in [5, 5.41) is 3.61. The first-order chi connectivity index (χ1) is 9.04. The third-order valence-electron chi connectivity index (χ3n) is 2.48. The van der Waals surface area contributed by atoms with Gasteiger partial charge in [0.1, 0.15) is 6.26 Å². The van der Waals surface area contributed by atoms with E-state index in [0.717, 1.165) is 5.69 Å². The molecule has 6 heteroatoms. The van der Waals surface area contributed by atoms with Crippen molar-refractivity contribution in [1.29, 1.82) is 0 Å². The summed E-state index contributed by atoms with van der Waals surface area (Å²) < 4.78 is 5.07. The SMILES string of the molecule is Cc1nc(CCC(=O)Nc2ccc(Cl)c(Cl)c2)co1. The lowest BCUT2D eigenvalue weighted by molar-refractivity contribution is -0.116. The molecule has 100 valence electrons. The molecule has 1 amide bonds. The molecule has 0 fully saturated rings. The number of amides is 1. The van der Waals surface area contributed by atoms with E-state index in [1.165, 1.54) is 0 Å². The highest BCUT2D eigenvalue weighted by Gasteiger charge is 2.07. The molecule has 0 bridgehead atoms. The van der Waals surface area contributed by atoms with E-state index in [2.05, 4.69) is 10.3 Å². The van der Waals surface area contributed by atoms with Crippen LogP contribution >= 0.6 is 23.2 Å². The van der Waals surface area contributed by atoms with Gasteiger partial charge in [0, 0.05) is 25.5 Å². The minimum absolute atomic E-state index is 0.112. The fourth-order valence-electron chi connectivity index (χ4n) is 1.56. The standard InChI is InChI=1S/C13H12Cl2N2O2/c1-8-16-10(7-19-8)3-5-13(18)17-9-2-4-11(14)12(15)6-9/h2,4,6-7H,3,5H2,1H3,(H,17,18). The molecule has 4 nitrogen and oxygen atoms in total. The first-order valence-electron chi connectivity index (χ1n) is 5.70. The van der Waals surface area contributed by atoms with E-state index in [1.807, 2.05) is 0 Å². The van der Waals surface area contributed by atoms with Crippen molar-refractivity contribution < 1.29 is 9.21 Å². The Morgan fingerprint density at radius 2 is 2.16 bits per heavy atom. The molecular weight excluding hydrogens is 287 g/mol. The number of benzene rings is 1. The first kappa shape index (κ1) is 13.9. The van der Waals surface area contributed by atoms with Crippen LogP contribution in [0.5, 0.6) is 0 Å². The summed E-state index contributed by atoms with van der Waals surface area (Å²) in [7, 11) is 0. The van der Waals surface area contributed by atoms with Crippen molar-refractivity contribution in [1.82, 2.24) is 4.98 Å². The maximum absolute atomic E-state index is 11.7. The zero-order valence-corrected chi connectivity index (χ0v) is 11.8. The van der Waals surface area contributed by atoms with Crippen molar-refractivity contribution in [3.05, 3.63) is 46.1 Å². The number of nitrogens with one attached hydrogen (secondary N) is 1. The molecule has 0 radical (unpaired) electrons. The number of anilines is 1. The molecule has 0 atom stereocenters. The molecule has 0 aliphatic heterocycles. The molecule has 0 unspecified atom stereocenters. The molecule has 1 N–H and O–H groups in total. The van der Waals surface area contributed by atoms with E-state index in [1.54, 1.807) is 31.4 Å². The van der Waals surface area contributed by atoms with Gasteiger partial charge in [-0.15, -0.1) is 0 Å². The van der Waals surface area contributed by atoms with Crippen molar-refractivity contribution in [3.63, 3.8) is 0 Å². The molecule has 2 aromatic rings. The van der Waals surface area contributed by atoms with E-state index >= 15 is 0 Å². The summed E-state index contributed by atoms with van der Waals surface area (Å²) in [4.78, 5) is 15.9. The van der Waals surface area contributed by atoms with Gasteiger partial charge in [0.2, 0.25) is 5.91 Å². The zero-order chi connectivity index (χ0) is 13.8. The van der Waals surface area contributed by atoms with Crippen LogP contribution < -0.4 is 5.32 Å². The minimum Gasteiger partial charge on any atom is -0.449 e. The number of aromatic nitrogens is 1. The summed E-state index contributed by atoms with van der Waals surface area (Å²) in [5.74, 6) is 0.485. The second-order valence-corrected chi connectivity index (χ2v) is 4.85. The van der Waals surface area contributed by atoms with Crippen molar-refractivity contribution >= 4 is 34.8 Å². The smallest absolute Gasteiger partial charge is 0.224 e. The number of carbonyl (C=O) groups excluding carboxylic acids is 1. The minimum atomic E-state index is -0.112. The lowest BCUT2D eigenvalue weighted by atomic mass is 10.2. The van der Waals surface area contributed by atoms with E-state index < -0.39 is 0 Å². The van der Waals surface area contributed by atoms with E-state index in [-0.39, 0.29) is 5.91 Å². The third kappa shape index (κ3) is 3.98. The Morgan fingerprint density at radius 1 is 1.37 bits per heavy atom. The number of hydrogen-bond donors (Lipinski definition) is 1. The predicted molar refractivity (Wildman–Crippen MR) is 74.7 cm³/mol. The zero-order valence-electron chi connectivity index (χ0n) is 10.2. The normalized spacial score (nSPS) is 10.5. The second kappa shape index (κ2) is 6.08. The Balaban J connectivity index is 1.88. The number of aryl methyl sites for hydroxylation is 2. The molecule has 2 rings (SSSR count). The van der Waals surface area contributed by atoms with Gasteiger partial charge in [-0.05, 0) is 18.2 Å². The average Bonchev–Trinajstić information content (AvgIpc) is 2.77. The Morgan fingerprint density at radius 3 is 2.79 bits per heavy atom. The molecule has 0 saturated heterocycles. The van der Waals surface area contributed by atoms with Gasteiger partial charge in [0.05, 0.1) is 15.7 Å². The van der Waals surface area contributed by atoms with Gasteiger partial charge in [-0.25, -0.2) is 4.98 Å². The fraction of sp³-hybridized carbons (Fsp3) is 0.231. The molecule has 19 heavy (non-hydrogen) atoms. The molecule has 0 saturated carbocycles. The summed E-state index contributed by atoms with van der Waals surface area (Å²) in [6.07, 6.45) is 2.42. The number of hydrogen-bond acceptors (Lipinski definition) is 3. The number of halogens is 2. The van der Waals surface area contributed by atoms with Crippen LogP contribution in [0, 0.1) is 6.92 Å². The van der Waals surface area contributed by atoms with Crippen molar-refractivity contribution in [2.24, 2.45) is 0 Å². The topological polar surface area (TPSA) is 55.1 Å². The summed E-state index contributed by atoms with van der Waals surface area (Å²) in [6.45, 7) is 1.76. The molecule has 1 aromatic carbocycles. The van der Waals surface area contributed by atoms with E-state index in [4.69, 9.17) is 27.6 Å². The van der Waals surface area contributed by atoms with Crippen molar-refractivity contribution in [2.75, 3.05) is 5.32 Å². The number of oxazole rings is 1. The Hall–Kier alpha value is -1.52. The number of carbonyl (C=O) groups is 1. The fourth-order valence-corrected chi connectivity index (χ4v) is 1.86. The van der Waals surface area contributed by atoms with Crippen LogP contribution in [0.25, 0.3) is 0 Å². The molecular formula is C13H12Cl2N2O2. The van der Waals surface area contributed by atoms with Gasteiger partial charge >= 0.3 is 0 Å². The summed E-state index contributed by atoms with van der Waals surface area (Å²) in [5.41, 5.74) is 1.39. The molecule has 0 aliphatic rings. The van der Waals surface area contributed by atoms with Crippen LogP contribution in [0.2, 0.25) is 10.0 Å². The highest BCUT2D eigenvalue weighted by molar-refractivity contribution is 6.42. The van der Waals surface area contributed by atoms with Crippen LogP contribution in [-0.4, -0.2) is 10.9 Å². The van der Waals surface area contributed by atoms with Gasteiger partial charge in [-0.1, -0.05) is 23.2 Å².